The van der Waals surface area contributed by atoms with E-state index in [4.69, 9.17) is 0 Å². The number of H-pyrrole nitrogens is 1. The molecule has 1 atom stereocenters. The van der Waals surface area contributed by atoms with Gasteiger partial charge in [-0.2, -0.15) is 0 Å². The van der Waals surface area contributed by atoms with Gasteiger partial charge < -0.3 is 4.98 Å². The third kappa shape index (κ3) is 4.12. The molecule has 2 aromatic heterocycles. The molecule has 3 rings (SSSR count). The molecule has 1 aromatic carbocycles. The minimum Gasteiger partial charge on any atom is -0.333 e. The van der Waals surface area contributed by atoms with Crippen LogP contribution in [-0.2, 0) is 11.2 Å². The van der Waals surface area contributed by atoms with Crippen LogP contribution in [0.15, 0.2) is 29.4 Å². The number of amides is 1. The lowest BCUT2D eigenvalue weighted by atomic mass is 10.3. The maximum atomic E-state index is 12.3. The van der Waals surface area contributed by atoms with Gasteiger partial charge in [0.2, 0.25) is 11.0 Å². The van der Waals surface area contributed by atoms with Crippen molar-refractivity contribution in [3.05, 3.63) is 29.3 Å². The highest BCUT2D eigenvalue weighted by molar-refractivity contribution is 8.00. The number of imidazole rings is 1. The summed E-state index contributed by atoms with van der Waals surface area (Å²) in [6.45, 7) is 3.99. The van der Waals surface area contributed by atoms with E-state index in [0.717, 1.165) is 40.5 Å². The highest BCUT2D eigenvalue weighted by Gasteiger charge is 2.18. The van der Waals surface area contributed by atoms with Gasteiger partial charge in [0.25, 0.3) is 0 Å². The summed E-state index contributed by atoms with van der Waals surface area (Å²) >= 11 is 2.84. The Morgan fingerprint density at radius 1 is 1.38 bits per heavy atom. The van der Waals surface area contributed by atoms with E-state index in [2.05, 4.69) is 32.4 Å². The molecule has 0 spiro atoms. The molecule has 8 heteroatoms. The van der Waals surface area contributed by atoms with Crippen molar-refractivity contribution >= 4 is 45.2 Å². The van der Waals surface area contributed by atoms with Crippen molar-refractivity contribution in [3.8, 4) is 0 Å². The number of unbranched alkanes of at least 4 members (excludes halogenated alkanes) is 1. The molecule has 0 saturated carbocycles. The quantitative estimate of drug-likeness (QED) is 0.624. The van der Waals surface area contributed by atoms with Crippen LogP contribution in [0.25, 0.3) is 11.0 Å². The second-order valence-electron chi connectivity index (χ2n) is 5.41. The molecule has 0 aliphatic carbocycles. The first-order valence-electron chi connectivity index (χ1n) is 7.90. The third-order valence-electron chi connectivity index (χ3n) is 3.47. The molecule has 1 unspecified atom stereocenters. The number of benzene rings is 1. The fourth-order valence-corrected chi connectivity index (χ4v) is 3.75. The number of carbonyl (C=O) groups is 1. The van der Waals surface area contributed by atoms with E-state index in [1.807, 2.05) is 31.2 Å². The van der Waals surface area contributed by atoms with Gasteiger partial charge in [0.15, 0.2) is 5.16 Å². The van der Waals surface area contributed by atoms with Crippen molar-refractivity contribution < 1.29 is 4.79 Å². The zero-order valence-corrected chi connectivity index (χ0v) is 15.2. The molecule has 0 saturated heterocycles. The van der Waals surface area contributed by atoms with Crippen molar-refractivity contribution in [2.24, 2.45) is 0 Å². The van der Waals surface area contributed by atoms with E-state index in [0.29, 0.717) is 5.13 Å². The zero-order chi connectivity index (χ0) is 16.9. The van der Waals surface area contributed by atoms with Gasteiger partial charge in [0, 0.05) is 6.42 Å². The Morgan fingerprint density at radius 2 is 2.21 bits per heavy atom. The van der Waals surface area contributed by atoms with Crippen LogP contribution in [0.1, 0.15) is 31.7 Å². The standard InChI is InChI=1S/C16H19N5OS2/c1-3-4-9-13-20-21-16(24-13)19-14(22)10(2)23-15-17-11-7-5-6-8-12(11)18-15/h5-8,10H,3-4,9H2,1-2H3,(H,17,18)(H,19,21,22). The Bertz CT molecular complexity index is 796. The van der Waals surface area contributed by atoms with Crippen LogP contribution in [0.3, 0.4) is 0 Å². The molecule has 0 fully saturated rings. The second-order valence-corrected chi connectivity index (χ2v) is 7.80. The van der Waals surface area contributed by atoms with E-state index in [1.54, 1.807) is 0 Å². The van der Waals surface area contributed by atoms with Gasteiger partial charge in [-0.25, -0.2) is 4.98 Å². The molecular weight excluding hydrogens is 342 g/mol. The molecule has 126 valence electrons. The highest BCUT2D eigenvalue weighted by atomic mass is 32.2. The highest BCUT2D eigenvalue weighted by Crippen LogP contribution is 2.25. The van der Waals surface area contributed by atoms with Crippen molar-refractivity contribution in [1.82, 2.24) is 20.2 Å². The largest absolute Gasteiger partial charge is 0.333 e. The van der Waals surface area contributed by atoms with Crippen LogP contribution < -0.4 is 5.32 Å². The number of carbonyl (C=O) groups excluding carboxylic acids is 1. The van der Waals surface area contributed by atoms with Gasteiger partial charge in [0.1, 0.15) is 5.01 Å². The van der Waals surface area contributed by atoms with Crippen LogP contribution in [0.4, 0.5) is 5.13 Å². The normalized spacial score (nSPS) is 12.4. The summed E-state index contributed by atoms with van der Waals surface area (Å²) in [4.78, 5) is 20.0. The van der Waals surface area contributed by atoms with Crippen LogP contribution in [-0.4, -0.2) is 31.3 Å². The number of para-hydroxylation sites is 2. The number of aromatic amines is 1. The summed E-state index contributed by atoms with van der Waals surface area (Å²) in [5.74, 6) is -0.0985. The number of hydrogen-bond donors (Lipinski definition) is 2. The van der Waals surface area contributed by atoms with Gasteiger partial charge in [-0.05, 0) is 25.5 Å². The Balaban J connectivity index is 1.59. The van der Waals surface area contributed by atoms with Gasteiger partial charge in [0.05, 0.1) is 16.3 Å². The average Bonchev–Trinajstić information content (AvgIpc) is 3.18. The maximum Gasteiger partial charge on any atom is 0.239 e. The van der Waals surface area contributed by atoms with Crippen molar-refractivity contribution in [3.63, 3.8) is 0 Å². The number of rotatable bonds is 7. The SMILES string of the molecule is CCCCc1nnc(NC(=O)C(C)Sc2nc3ccccc3[nH]2)s1. The molecule has 3 aromatic rings. The molecule has 2 heterocycles. The first kappa shape index (κ1) is 16.9. The second kappa shape index (κ2) is 7.76. The van der Waals surface area contributed by atoms with E-state index in [-0.39, 0.29) is 11.2 Å². The van der Waals surface area contributed by atoms with Crippen molar-refractivity contribution in [2.75, 3.05) is 5.32 Å². The minimum absolute atomic E-state index is 0.0985. The van der Waals surface area contributed by atoms with E-state index in [9.17, 15) is 4.79 Å². The maximum absolute atomic E-state index is 12.3. The predicted molar refractivity (Wildman–Crippen MR) is 98.6 cm³/mol. The summed E-state index contributed by atoms with van der Waals surface area (Å²) in [6, 6.07) is 7.81. The van der Waals surface area contributed by atoms with Crippen LogP contribution in [0.5, 0.6) is 0 Å². The third-order valence-corrected chi connectivity index (χ3v) is 5.35. The lowest BCUT2D eigenvalue weighted by molar-refractivity contribution is -0.115. The summed E-state index contributed by atoms with van der Waals surface area (Å²) in [5, 5.41) is 13.0. The summed E-state index contributed by atoms with van der Waals surface area (Å²) < 4.78 is 0. The summed E-state index contributed by atoms with van der Waals surface area (Å²) in [6.07, 6.45) is 3.11. The van der Waals surface area contributed by atoms with Crippen molar-refractivity contribution in [1.29, 1.82) is 0 Å². The minimum atomic E-state index is -0.284. The lowest BCUT2D eigenvalue weighted by Crippen LogP contribution is -2.22. The fourth-order valence-electron chi connectivity index (χ4n) is 2.15. The van der Waals surface area contributed by atoms with Gasteiger partial charge in [-0.1, -0.05) is 48.6 Å². The molecule has 6 nitrogen and oxygen atoms in total. The van der Waals surface area contributed by atoms with Crippen LogP contribution in [0.2, 0.25) is 0 Å². The zero-order valence-electron chi connectivity index (χ0n) is 13.6. The smallest absolute Gasteiger partial charge is 0.239 e. The number of anilines is 1. The fraction of sp³-hybridized carbons (Fsp3) is 0.375. The molecule has 2 N–H and O–H groups in total. The van der Waals surface area contributed by atoms with E-state index < -0.39 is 0 Å². The van der Waals surface area contributed by atoms with Crippen LogP contribution >= 0.6 is 23.1 Å². The predicted octanol–water partition coefficient (Wildman–Crippen LogP) is 3.88. The number of thioether (sulfide) groups is 1. The first-order chi connectivity index (χ1) is 11.7. The Labute approximate surface area is 148 Å². The van der Waals surface area contributed by atoms with Crippen LogP contribution in [0, 0.1) is 0 Å². The number of nitrogens with zero attached hydrogens (tertiary/aromatic N) is 3. The topological polar surface area (TPSA) is 83.6 Å². The molecule has 1 amide bonds. The molecule has 0 radical (unpaired) electrons. The van der Waals surface area contributed by atoms with E-state index in [1.165, 1.54) is 23.1 Å². The van der Waals surface area contributed by atoms with Gasteiger partial charge >= 0.3 is 0 Å². The molecule has 0 aliphatic rings. The number of aryl methyl sites for hydroxylation is 1. The van der Waals surface area contributed by atoms with Gasteiger partial charge in [-0.15, -0.1) is 10.2 Å². The lowest BCUT2D eigenvalue weighted by Gasteiger charge is -2.07. The van der Waals surface area contributed by atoms with E-state index >= 15 is 0 Å². The molecule has 0 bridgehead atoms. The Morgan fingerprint density at radius 3 is 3.00 bits per heavy atom. The number of hydrogen-bond acceptors (Lipinski definition) is 6. The number of nitrogens with one attached hydrogen (secondary N) is 2. The average molecular weight is 361 g/mol. The molecule has 0 aliphatic heterocycles. The summed E-state index contributed by atoms with van der Waals surface area (Å²) in [7, 11) is 0. The summed E-state index contributed by atoms with van der Waals surface area (Å²) in [5.41, 5.74) is 1.87. The molecular formula is C16H19N5OS2. The van der Waals surface area contributed by atoms with Gasteiger partial charge in [-0.3, -0.25) is 10.1 Å². The monoisotopic (exact) mass is 361 g/mol. The first-order valence-corrected chi connectivity index (χ1v) is 9.60. The Kier molecular flexibility index (Phi) is 5.47. The molecule has 24 heavy (non-hydrogen) atoms. The number of aromatic nitrogens is 4. The van der Waals surface area contributed by atoms with Crippen molar-refractivity contribution in [2.45, 2.75) is 43.5 Å². The Hall–Kier alpha value is -1.93. The number of fused-ring (bicyclic) bond motifs is 1.